The van der Waals surface area contributed by atoms with Gasteiger partial charge >= 0.3 is 0 Å². The molecule has 0 aliphatic carbocycles. The summed E-state index contributed by atoms with van der Waals surface area (Å²) in [6.07, 6.45) is 0. The van der Waals surface area contributed by atoms with Crippen LogP contribution in [0.25, 0.3) is 0 Å². The number of aromatic nitrogens is 2. The van der Waals surface area contributed by atoms with Gasteiger partial charge in [-0.1, -0.05) is 11.6 Å². The van der Waals surface area contributed by atoms with Crippen LogP contribution in [0.15, 0.2) is 24.3 Å². The largest absolute Gasteiger partial charge is 0.399 e. The lowest BCUT2D eigenvalue weighted by Gasteiger charge is -2.07. The van der Waals surface area contributed by atoms with Gasteiger partial charge in [0.2, 0.25) is 5.95 Å². The number of nitrogens with one attached hydrogen (secondary N) is 1. The van der Waals surface area contributed by atoms with Crippen molar-refractivity contribution in [2.75, 3.05) is 11.1 Å². The van der Waals surface area contributed by atoms with Crippen molar-refractivity contribution in [2.24, 2.45) is 0 Å². The Hall–Kier alpha value is -2.14. The number of rotatable bonds is 2. The third-order valence-corrected chi connectivity index (χ3v) is 2.77. The number of aryl methyl sites for hydroxylation is 2. The molecule has 2 aromatic rings. The lowest BCUT2D eigenvalue weighted by Crippen LogP contribution is -2.15. The predicted molar refractivity (Wildman–Crippen MR) is 75.3 cm³/mol. The summed E-state index contributed by atoms with van der Waals surface area (Å²) in [4.78, 5) is 20.3. The third-order valence-electron chi connectivity index (χ3n) is 2.44. The van der Waals surface area contributed by atoms with Crippen LogP contribution in [-0.4, -0.2) is 15.9 Å². The molecule has 0 spiro atoms. The molecule has 0 aliphatic rings. The zero-order chi connectivity index (χ0) is 14.0. The molecule has 1 aromatic carbocycles. The van der Waals surface area contributed by atoms with Gasteiger partial charge in [-0.2, -0.15) is 0 Å². The Bertz CT molecular complexity index is 622. The highest BCUT2D eigenvalue weighted by Gasteiger charge is 2.12. The molecule has 0 unspecified atom stereocenters. The van der Waals surface area contributed by atoms with Crippen molar-refractivity contribution in [2.45, 2.75) is 13.8 Å². The summed E-state index contributed by atoms with van der Waals surface area (Å²) in [6.45, 7) is 3.66. The van der Waals surface area contributed by atoms with Gasteiger partial charge in [0.05, 0.1) is 10.6 Å². The van der Waals surface area contributed by atoms with E-state index in [1.165, 1.54) is 6.07 Å². The fourth-order valence-electron chi connectivity index (χ4n) is 1.67. The Balaban J connectivity index is 2.28. The molecular formula is C13H13ClN4O. The molecule has 1 heterocycles. The maximum absolute atomic E-state index is 12.1. The Morgan fingerprint density at radius 1 is 1.21 bits per heavy atom. The number of hydrogen-bond acceptors (Lipinski definition) is 4. The smallest absolute Gasteiger partial charge is 0.259 e. The van der Waals surface area contributed by atoms with Gasteiger partial charge in [-0.05, 0) is 38.1 Å². The first kappa shape index (κ1) is 13.3. The van der Waals surface area contributed by atoms with Crippen LogP contribution in [-0.2, 0) is 0 Å². The minimum Gasteiger partial charge on any atom is -0.399 e. The second kappa shape index (κ2) is 5.24. The summed E-state index contributed by atoms with van der Waals surface area (Å²) in [7, 11) is 0. The lowest BCUT2D eigenvalue weighted by molar-refractivity contribution is 0.102. The topological polar surface area (TPSA) is 80.9 Å². The molecule has 1 amide bonds. The van der Waals surface area contributed by atoms with Crippen molar-refractivity contribution in [3.05, 3.63) is 46.2 Å². The molecule has 2 rings (SSSR count). The molecule has 0 bridgehead atoms. The zero-order valence-corrected chi connectivity index (χ0v) is 11.3. The normalized spacial score (nSPS) is 10.3. The van der Waals surface area contributed by atoms with E-state index in [1.54, 1.807) is 12.1 Å². The van der Waals surface area contributed by atoms with Gasteiger partial charge in [-0.3, -0.25) is 10.1 Å². The van der Waals surface area contributed by atoms with E-state index in [0.29, 0.717) is 16.3 Å². The first-order valence-corrected chi connectivity index (χ1v) is 6.02. The van der Waals surface area contributed by atoms with Crippen LogP contribution >= 0.6 is 11.6 Å². The molecule has 98 valence electrons. The molecule has 1 aromatic heterocycles. The number of anilines is 2. The number of nitrogens with zero attached hydrogens (tertiary/aromatic N) is 2. The standard InChI is InChI=1S/C13H13ClN4O/c1-7-5-8(2)17-13(16-7)18-12(19)10-6-9(15)3-4-11(10)14/h3-6H,15H2,1-2H3,(H,16,17,18,19). The Labute approximate surface area is 115 Å². The molecule has 0 aliphatic heterocycles. The van der Waals surface area contributed by atoms with Crippen molar-refractivity contribution < 1.29 is 4.79 Å². The van der Waals surface area contributed by atoms with Crippen molar-refractivity contribution >= 4 is 29.1 Å². The molecular weight excluding hydrogens is 264 g/mol. The molecule has 0 fully saturated rings. The fraction of sp³-hybridized carbons (Fsp3) is 0.154. The number of hydrogen-bond donors (Lipinski definition) is 2. The van der Waals surface area contributed by atoms with Gasteiger partial charge in [-0.15, -0.1) is 0 Å². The molecule has 0 radical (unpaired) electrons. The number of halogens is 1. The summed E-state index contributed by atoms with van der Waals surface area (Å²) in [5, 5.41) is 2.94. The maximum atomic E-state index is 12.1. The highest BCUT2D eigenvalue weighted by atomic mass is 35.5. The van der Waals surface area contributed by atoms with Crippen molar-refractivity contribution in [1.82, 2.24) is 9.97 Å². The average Bonchev–Trinajstić information content (AvgIpc) is 2.30. The van der Waals surface area contributed by atoms with Crippen molar-refractivity contribution in [1.29, 1.82) is 0 Å². The monoisotopic (exact) mass is 276 g/mol. The number of nitrogen functional groups attached to an aromatic ring is 1. The molecule has 0 atom stereocenters. The molecule has 3 N–H and O–H groups in total. The van der Waals surface area contributed by atoms with E-state index < -0.39 is 0 Å². The minimum atomic E-state index is -0.387. The number of nitrogens with two attached hydrogens (primary N) is 1. The molecule has 6 heteroatoms. The van der Waals surface area contributed by atoms with E-state index in [4.69, 9.17) is 17.3 Å². The highest BCUT2D eigenvalue weighted by molar-refractivity contribution is 6.34. The van der Waals surface area contributed by atoms with Crippen LogP contribution in [0.1, 0.15) is 21.7 Å². The van der Waals surface area contributed by atoms with E-state index in [0.717, 1.165) is 11.4 Å². The Morgan fingerprint density at radius 3 is 2.47 bits per heavy atom. The summed E-state index contributed by atoms with van der Waals surface area (Å²) in [5.41, 5.74) is 7.96. The molecule has 5 nitrogen and oxygen atoms in total. The van der Waals surface area contributed by atoms with Gasteiger partial charge in [0.25, 0.3) is 5.91 Å². The lowest BCUT2D eigenvalue weighted by atomic mass is 10.2. The van der Waals surface area contributed by atoms with Gasteiger partial charge in [0.15, 0.2) is 0 Å². The quantitative estimate of drug-likeness (QED) is 0.826. The first-order valence-electron chi connectivity index (χ1n) is 5.64. The molecule has 19 heavy (non-hydrogen) atoms. The molecule has 0 saturated carbocycles. The van der Waals surface area contributed by atoms with E-state index in [1.807, 2.05) is 19.9 Å². The van der Waals surface area contributed by atoms with Gasteiger partial charge < -0.3 is 5.73 Å². The van der Waals surface area contributed by atoms with E-state index >= 15 is 0 Å². The number of carbonyl (C=O) groups excluding carboxylic acids is 1. The third kappa shape index (κ3) is 3.20. The highest BCUT2D eigenvalue weighted by Crippen LogP contribution is 2.19. The van der Waals surface area contributed by atoms with Crippen LogP contribution in [0.2, 0.25) is 5.02 Å². The van der Waals surface area contributed by atoms with Gasteiger partial charge in [-0.25, -0.2) is 9.97 Å². The molecule has 0 saturated heterocycles. The first-order chi connectivity index (χ1) is 8.95. The van der Waals surface area contributed by atoms with Crippen LogP contribution in [0.5, 0.6) is 0 Å². The van der Waals surface area contributed by atoms with Crippen molar-refractivity contribution in [3.8, 4) is 0 Å². The summed E-state index contributed by atoms with van der Waals surface area (Å²) in [6, 6.07) is 6.55. The van der Waals surface area contributed by atoms with E-state index in [-0.39, 0.29) is 11.9 Å². The van der Waals surface area contributed by atoms with Crippen LogP contribution in [0.3, 0.4) is 0 Å². The summed E-state index contributed by atoms with van der Waals surface area (Å²) < 4.78 is 0. The van der Waals surface area contributed by atoms with Gasteiger partial charge in [0, 0.05) is 17.1 Å². The maximum Gasteiger partial charge on any atom is 0.259 e. The Morgan fingerprint density at radius 2 is 1.84 bits per heavy atom. The zero-order valence-electron chi connectivity index (χ0n) is 10.6. The van der Waals surface area contributed by atoms with E-state index in [2.05, 4.69) is 15.3 Å². The SMILES string of the molecule is Cc1cc(C)nc(NC(=O)c2cc(N)ccc2Cl)n1. The second-order valence-electron chi connectivity index (χ2n) is 4.17. The summed E-state index contributed by atoms with van der Waals surface area (Å²) >= 11 is 5.96. The minimum absolute atomic E-state index is 0.251. The second-order valence-corrected chi connectivity index (χ2v) is 4.57. The number of benzene rings is 1. The van der Waals surface area contributed by atoms with Crippen LogP contribution in [0.4, 0.5) is 11.6 Å². The average molecular weight is 277 g/mol. The number of amides is 1. The predicted octanol–water partition coefficient (Wildman–Crippen LogP) is 2.58. The Kier molecular flexibility index (Phi) is 3.66. The fourth-order valence-corrected chi connectivity index (χ4v) is 1.87. The van der Waals surface area contributed by atoms with Crippen LogP contribution < -0.4 is 11.1 Å². The van der Waals surface area contributed by atoms with Crippen LogP contribution in [0, 0.1) is 13.8 Å². The summed E-state index contributed by atoms with van der Waals surface area (Å²) in [5.74, 6) is -0.136. The van der Waals surface area contributed by atoms with Crippen molar-refractivity contribution in [3.63, 3.8) is 0 Å². The van der Waals surface area contributed by atoms with Gasteiger partial charge in [0.1, 0.15) is 0 Å². The number of carbonyl (C=O) groups is 1. The van der Waals surface area contributed by atoms with E-state index in [9.17, 15) is 4.79 Å².